The quantitative estimate of drug-likeness (QED) is 0.0444. The van der Waals surface area contributed by atoms with E-state index in [1.165, 1.54) is 57.8 Å². The number of H-pyrrole nitrogens is 3. The predicted octanol–water partition coefficient (Wildman–Crippen LogP) is 0.543. The van der Waals surface area contributed by atoms with Crippen LogP contribution in [-0.4, -0.2) is 125 Å². The summed E-state index contributed by atoms with van der Waals surface area (Å²) < 4.78 is 8.88. The average molecular weight is 871 g/mol. The summed E-state index contributed by atoms with van der Waals surface area (Å²) in [6, 6.07) is 0. The summed E-state index contributed by atoms with van der Waals surface area (Å²) >= 11 is 0. The first kappa shape index (κ1) is 60.7. The predicted molar refractivity (Wildman–Crippen MR) is 219 cm³/mol. The van der Waals surface area contributed by atoms with E-state index < -0.39 is 44.7 Å². The van der Waals surface area contributed by atoms with Crippen molar-refractivity contribution < 1.29 is 69.1 Å². The van der Waals surface area contributed by atoms with E-state index in [4.69, 9.17) is 71.9 Å². The second-order valence-corrected chi connectivity index (χ2v) is 13.1. The highest BCUT2D eigenvalue weighted by molar-refractivity contribution is 7.45. The number of unbranched alkanes of at least 4 members (excludes halogenated alkanes) is 6. The van der Waals surface area contributed by atoms with Crippen LogP contribution in [0.15, 0.2) is 18.6 Å². The Bertz CT molecular complexity index is 1370. The molecule has 0 fully saturated rings. The van der Waals surface area contributed by atoms with Crippen LogP contribution in [0.1, 0.15) is 108 Å². The molecular formula is C34H67N10O14P. The third-order valence-electron chi connectivity index (χ3n) is 6.72. The number of anilines is 3. The number of aryl methyl sites for hydroxylation is 3. The number of hydrogen-bond donors (Lipinski definition) is 16. The van der Waals surface area contributed by atoms with Gasteiger partial charge in [0.1, 0.15) is 18.3 Å². The highest BCUT2D eigenvalue weighted by atomic mass is 31.2. The first-order valence-corrected chi connectivity index (χ1v) is 20.1. The monoisotopic (exact) mass is 870 g/mol. The number of nitrogens with one attached hydrogen (secondary N) is 3. The van der Waals surface area contributed by atoms with E-state index in [0.29, 0.717) is 17.8 Å². The first-order valence-electron chi connectivity index (χ1n) is 18.5. The molecule has 25 heteroatoms. The molecule has 0 bridgehead atoms. The molecule has 0 saturated heterocycles. The highest BCUT2D eigenvalue weighted by Gasteiger charge is 2.22. The van der Waals surface area contributed by atoms with Crippen LogP contribution in [0.25, 0.3) is 0 Å². The van der Waals surface area contributed by atoms with Crippen LogP contribution in [0.2, 0.25) is 0 Å². The zero-order valence-electron chi connectivity index (χ0n) is 33.9. The molecule has 0 aliphatic carbocycles. The van der Waals surface area contributed by atoms with E-state index in [1.807, 2.05) is 18.6 Å². The summed E-state index contributed by atoms with van der Waals surface area (Å²) in [4.78, 5) is 79.9. The van der Waals surface area contributed by atoms with Crippen LogP contribution >= 0.6 is 7.82 Å². The van der Waals surface area contributed by atoms with Gasteiger partial charge in [0.25, 0.3) is 0 Å². The van der Waals surface area contributed by atoms with Gasteiger partial charge in [-0.05, 0) is 38.5 Å². The second kappa shape index (κ2) is 39.9. The van der Waals surface area contributed by atoms with Crippen molar-refractivity contribution in [2.75, 3.05) is 23.8 Å². The molecule has 3 unspecified atom stereocenters. The molecule has 0 radical (unpaired) electrons. The number of aliphatic hydroxyl groups is 4. The third kappa shape index (κ3) is 47.3. The molecule has 59 heavy (non-hydrogen) atoms. The maximum absolute atomic E-state index is 9.76. The van der Waals surface area contributed by atoms with Gasteiger partial charge in [0.2, 0.25) is 6.41 Å². The molecule has 24 nitrogen and oxygen atoms in total. The molecule has 3 rings (SSSR count). The van der Waals surface area contributed by atoms with Gasteiger partial charge in [-0.2, -0.15) is 0 Å². The Balaban J connectivity index is -0.000000308. The number of hydrogen-bond acceptors (Lipinski definition) is 15. The number of carboxylic acid groups (broad SMARTS) is 2. The standard InChI is InChI=1S/3C8H15N3.C5H10O5.C4H6O4.CH3NO.H3O4P/c3*1-2-3-4-5-7-6-10-8(9)11-7;6-1-3(8)5(10)4(9)2-7;5-3(6)1-2-4(7)8;2-1-3;1-5(2,3)4/h3*6H,2-5H2,1H3,(H3,9,10,11);1,3-5,7-10H,2H2;1-2H2,(H,5,6)(H,7,8);1H,(H2,2,3);(H3,1,2,3,4). The number of aliphatic hydroxyl groups excluding tert-OH is 4. The van der Waals surface area contributed by atoms with Crippen molar-refractivity contribution >= 4 is 50.3 Å². The molecule has 3 aromatic rings. The van der Waals surface area contributed by atoms with Gasteiger partial charge in [-0.3, -0.25) is 14.4 Å². The number of carbonyl (C=O) groups excluding carboxylic acids is 2. The molecule has 0 aliphatic rings. The minimum atomic E-state index is -4.64. The van der Waals surface area contributed by atoms with Crippen LogP contribution in [-0.2, 0) is 43.0 Å². The number of aliphatic carboxylic acids is 2. The summed E-state index contributed by atoms with van der Waals surface area (Å²) in [5, 5.41) is 49.9. The SMILES string of the molecule is CCCCCc1cnc(N)[nH]1.CCCCCc1cnc(N)[nH]1.CCCCCc1cnc(N)[nH]1.NC=O.O=C(O)CCC(=O)O.O=CC(O)C(O)C(O)CO.O=P(O)(O)O. The van der Waals surface area contributed by atoms with Gasteiger partial charge in [-0.1, -0.05) is 59.3 Å². The van der Waals surface area contributed by atoms with Crippen molar-refractivity contribution in [1.82, 2.24) is 29.9 Å². The Kier molecular flexibility index (Phi) is 41.0. The van der Waals surface area contributed by atoms with Crippen LogP contribution in [0, 0.1) is 0 Å². The number of carboxylic acids is 2. The number of primary amides is 1. The maximum Gasteiger partial charge on any atom is 0.466 e. The smallest absolute Gasteiger partial charge is 0.466 e. The second-order valence-electron chi connectivity index (χ2n) is 12.1. The molecule has 0 spiro atoms. The fourth-order valence-electron chi connectivity index (χ4n) is 3.84. The lowest BCUT2D eigenvalue weighted by Gasteiger charge is -2.16. The largest absolute Gasteiger partial charge is 0.481 e. The summed E-state index contributed by atoms with van der Waals surface area (Å²) in [5.74, 6) is -0.579. The van der Waals surface area contributed by atoms with Crippen molar-refractivity contribution in [3.05, 3.63) is 35.7 Å². The minimum Gasteiger partial charge on any atom is -0.481 e. The molecule has 0 saturated carbocycles. The molecule has 0 aromatic carbocycles. The van der Waals surface area contributed by atoms with Gasteiger partial charge in [-0.15, -0.1) is 0 Å². The lowest BCUT2D eigenvalue weighted by molar-refractivity contribution is -0.143. The number of amides is 1. The Labute approximate surface area is 343 Å². The molecule has 3 atom stereocenters. The number of aldehydes is 1. The summed E-state index contributed by atoms with van der Waals surface area (Å²) in [7, 11) is -4.64. The van der Waals surface area contributed by atoms with Crippen molar-refractivity contribution in [3.8, 4) is 0 Å². The first-order chi connectivity index (χ1) is 27.6. The van der Waals surface area contributed by atoms with E-state index >= 15 is 0 Å². The van der Waals surface area contributed by atoms with Crippen LogP contribution in [0.3, 0.4) is 0 Å². The Morgan fingerprint density at radius 3 is 1.12 bits per heavy atom. The number of imidazole rings is 3. The molecular weight excluding hydrogens is 803 g/mol. The van der Waals surface area contributed by atoms with Gasteiger partial charge in [-0.25, -0.2) is 19.5 Å². The number of nitrogens with zero attached hydrogens (tertiary/aromatic N) is 3. The van der Waals surface area contributed by atoms with Gasteiger partial charge >= 0.3 is 19.8 Å². The molecule has 342 valence electrons. The van der Waals surface area contributed by atoms with Gasteiger partial charge in [0.05, 0.1) is 38.0 Å². The summed E-state index contributed by atoms with van der Waals surface area (Å²) in [6.07, 6.45) is 14.9. The minimum absolute atomic E-state index is 0.0869. The average Bonchev–Trinajstić information content (AvgIpc) is 3.91. The fourth-order valence-corrected chi connectivity index (χ4v) is 3.84. The van der Waals surface area contributed by atoms with E-state index in [2.05, 4.69) is 56.4 Å². The number of aromatic nitrogens is 6. The molecule has 3 heterocycles. The van der Waals surface area contributed by atoms with Gasteiger partial charge < -0.3 is 88.0 Å². The lowest BCUT2D eigenvalue weighted by atomic mass is 10.1. The number of carbonyl (C=O) groups is 4. The van der Waals surface area contributed by atoms with E-state index in [0.717, 1.165) is 36.3 Å². The van der Waals surface area contributed by atoms with Gasteiger partial charge in [0.15, 0.2) is 24.1 Å². The van der Waals surface area contributed by atoms with Crippen LogP contribution in [0.5, 0.6) is 0 Å². The Hall–Kier alpha value is -4.94. The zero-order chi connectivity index (χ0) is 46.2. The number of nitrogen functional groups attached to an aromatic ring is 3. The Morgan fingerprint density at radius 2 is 0.949 bits per heavy atom. The van der Waals surface area contributed by atoms with Crippen LogP contribution < -0.4 is 22.9 Å². The highest BCUT2D eigenvalue weighted by Crippen LogP contribution is 2.25. The van der Waals surface area contributed by atoms with E-state index in [9.17, 15) is 14.4 Å². The molecule has 3 aromatic heterocycles. The normalized spacial score (nSPS) is 11.4. The van der Waals surface area contributed by atoms with Crippen molar-refractivity contribution in [3.63, 3.8) is 0 Å². The zero-order valence-corrected chi connectivity index (χ0v) is 34.8. The number of rotatable bonds is 19. The molecule has 20 N–H and O–H groups in total. The number of nitrogens with two attached hydrogens (primary N) is 4. The fraction of sp³-hybridized carbons (Fsp3) is 0.618. The maximum atomic E-state index is 9.76. The van der Waals surface area contributed by atoms with Crippen molar-refractivity contribution in [2.45, 2.75) is 129 Å². The Morgan fingerprint density at radius 1 is 0.678 bits per heavy atom. The van der Waals surface area contributed by atoms with Crippen molar-refractivity contribution in [1.29, 1.82) is 0 Å². The molecule has 1 amide bonds. The molecule has 0 aliphatic heterocycles. The van der Waals surface area contributed by atoms with E-state index in [1.54, 1.807) is 0 Å². The van der Waals surface area contributed by atoms with Gasteiger partial charge in [0, 0.05) is 17.1 Å². The summed E-state index contributed by atoms with van der Waals surface area (Å²) in [6.45, 7) is 5.90. The topological polar surface area (TPSA) is 458 Å². The third-order valence-corrected chi connectivity index (χ3v) is 6.72. The number of aromatic amines is 3. The van der Waals surface area contributed by atoms with Crippen molar-refractivity contribution in [2.24, 2.45) is 5.73 Å². The van der Waals surface area contributed by atoms with E-state index in [-0.39, 0.29) is 25.5 Å². The van der Waals surface area contributed by atoms with Crippen LogP contribution in [0.4, 0.5) is 17.8 Å². The number of phosphoric acid groups is 1. The lowest BCUT2D eigenvalue weighted by Crippen LogP contribution is -2.40. The summed E-state index contributed by atoms with van der Waals surface area (Å²) in [5.41, 5.74) is 23.9.